The molecule has 108 valence electrons. The van der Waals surface area contributed by atoms with Crippen LogP contribution >= 0.6 is 15.9 Å². The smallest absolute Gasteiger partial charge is 0.143 e. The molecule has 4 heteroatoms. The molecule has 2 aromatic rings. The van der Waals surface area contributed by atoms with Gasteiger partial charge >= 0.3 is 0 Å². The number of rotatable bonds is 4. The number of anilines is 1. The topological polar surface area (TPSA) is 45.0 Å². The highest BCUT2D eigenvalue weighted by Gasteiger charge is 2.12. The van der Waals surface area contributed by atoms with Gasteiger partial charge < -0.3 is 10.1 Å². The van der Waals surface area contributed by atoms with E-state index in [1.54, 1.807) is 7.11 Å². The number of methoxy groups -OCH3 is 1. The van der Waals surface area contributed by atoms with Gasteiger partial charge in [0.1, 0.15) is 5.75 Å². The Bertz CT molecular complexity index is 674. The standard InChI is InChI=1S/C17H17BrN2O/c1-11-8-15(18)9-16(21-3)17(11)20-12(2)14-6-4-13(10-19)5-7-14/h4-9,12,20H,1-3H3. The SMILES string of the molecule is COc1cc(Br)cc(C)c1NC(C)c1ccc(C#N)cc1. The lowest BCUT2D eigenvalue weighted by Gasteiger charge is -2.20. The molecule has 0 aliphatic rings. The number of benzene rings is 2. The molecule has 0 fully saturated rings. The second-order valence-electron chi connectivity index (χ2n) is 4.90. The van der Waals surface area contributed by atoms with Crippen molar-refractivity contribution in [2.45, 2.75) is 19.9 Å². The normalized spacial score (nSPS) is 11.6. The lowest BCUT2D eigenvalue weighted by atomic mass is 10.1. The summed E-state index contributed by atoms with van der Waals surface area (Å²) in [5.41, 5.74) is 3.89. The highest BCUT2D eigenvalue weighted by Crippen LogP contribution is 2.34. The van der Waals surface area contributed by atoms with Gasteiger partial charge in [-0.2, -0.15) is 5.26 Å². The summed E-state index contributed by atoms with van der Waals surface area (Å²) in [6.45, 7) is 4.13. The first kappa shape index (κ1) is 15.4. The highest BCUT2D eigenvalue weighted by molar-refractivity contribution is 9.10. The molecule has 1 N–H and O–H groups in total. The number of hydrogen-bond donors (Lipinski definition) is 1. The second kappa shape index (κ2) is 6.64. The van der Waals surface area contributed by atoms with Crippen molar-refractivity contribution in [1.82, 2.24) is 0 Å². The van der Waals surface area contributed by atoms with Gasteiger partial charge in [0.05, 0.1) is 24.4 Å². The van der Waals surface area contributed by atoms with Crippen molar-refractivity contribution >= 4 is 21.6 Å². The van der Waals surface area contributed by atoms with Gasteiger partial charge in [-0.1, -0.05) is 28.1 Å². The first-order valence-electron chi connectivity index (χ1n) is 6.66. The Labute approximate surface area is 133 Å². The van der Waals surface area contributed by atoms with Crippen LogP contribution in [0.5, 0.6) is 5.75 Å². The molecule has 0 amide bonds. The third-order valence-electron chi connectivity index (χ3n) is 3.38. The first-order chi connectivity index (χ1) is 10.0. The number of nitrogens with one attached hydrogen (secondary N) is 1. The van der Waals surface area contributed by atoms with E-state index >= 15 is 0 Å². The molecule has 21 heavy (non-hydrogen) atoms. The fourth-order valence-electron chi connectivity index (χ4n) is 2.20. The Morgan fingerprint density at radius 1 is 1.24 bits per heavy atom. The van der Waals surface area contributed by atoms with E-state index < -0.39 is 0 Å². The molecule has 0 aromatic heterocycles. The summed E-state index contributed by atoms with van der Waals surface area (Å²) in [6.07, 6.45) is 0. The summed E-state index contributed by atoms with van der Waals surface area (Å²) in [4.78, 5) is 0. The van der Waals surface area contributed by atoms with Gasteiger partial charge in [-0.05, 0) is 49.2 Å². The molecular formula is C17H17BrN2O. The van der Waals surface area contributed by atoms with Gasteiger partial charge in [0.15, 0.2) is 0 Å². The van der Waals surface area contributed by atoms with E-state index in [1.807, 2.05) is 37.3 Å². The number of nitriles is 1. The van der Waals surface area contributed by atoms with Crippen molar-refractivity contribution < 1.29 is 4.74 Å². The molecule has 0 aliphatic heterocycles. The van der Waals surface area contributed by atoms with E-state index in [0.717, 1.165) is 27.0 Å². The van der Waals surface area contributed by atoms with Crippen LogP contribution in [0.15, 0.2) is 40.9 Å². The maximum absolute atomic E-state index is 8.85. The van der Waals surface area contributed by atoms with Crippen LogP contribution in [0.3, 0.4) is 0 Å². The Hall–Kier alpha value is -1.99. The van der Waals surface area contributed by atoms with Crippen LogP contribution in [0.4, 0.5) is 5.69 Å². The molecule has 3 nitrogen and oxygen atoms in total. The fraction of sp³-hybridized carbons (Fsp3) is 0.235. The molecule has 0 radical (unpaired) electrons. The van der Waals surface area contributed by atoms with Crippen molar-refractivity contribution in [3.63, 3.8) is 0 Å². The van der Waals surface area contributed by atoms with Gasteiger partial charge in [-0.3, -0.25) is 0 Å². The molecule has 0 aliphatic carbocycles. The van der Waals surface area contributed by atoms with E-state index in [2.05, 4.69) is 40.3 Å². The Morgan fingerprint density at radius 3 is 2.48 bits per heavy atom. The zero-order chi connectivity index (χ0) is 15.4. The van der Waals surface area contributed by atoms with Gasteiger partial charge in [0.25, 0.3) is 0 Å². The summed E-state index contributed by atoms with van der Waals surface area (Å²) < 4.78 is 6.44. The lowest BCUT2D eigenvalue weighted by molar-refractivity contribution is 0.415. The van der Waals surface area contributed by atoms with Crippen molar-refractivity contribution in [1.29, 1.82) is 5.26 Å². The minimum Gasteiger partial charge on any atom is -0.495 e. The van der Waals surface area contributed by atoms with E-state index in [4.69, 9.17) is 10.00 Å². The van der Waals surface area contributed by atoms with Crippen molar-refractivity contribution in [2.24, 2.45) is 0 Å². The summed E-state index contributed by atoms with van der Waals surface area (Å²) in [6, 6.07) is 13.8. The van der Waals surface area contributed by atoms with Crippen LogP contribution in [-0.2, 0) is 0 Å². The summed E-state index contributed by atoms with van der Waals surface area (Å²) in [5.74, 6) is 0.808. The van der Waals surface area contributed by atoms with Crippen LogP contribution in [-0.4, -0.2) is 7.11 Å². The Morgan fingerprint density at radius 2 is 1.90 bits per heavy atom. The molecule has 0 spiro atoms. The van der Waals surface area contributed by atoms with Gasteiger partial charge in [0.2, 0.25) is 0 Å². The summed E-state index contributed by atoms with van der Waals surface area (Å²) >= 11 is 3.48. The van der Waals surface area contributed by atoms with Gasteiger partial charge in [-0.15, -0.1) is 0 Å². The average molecular weight is 345 g/mol. The third kappa shape index (κ3) is 3.56. The quantitative estimate of drug-likeness (QED) is 0.865. The Balaban J connectivity index is 2.26. The number of hydrogen-bond acceptors (Lipinski definition) is 3. The zero-order valence-electron chi connectivity index (χ0n) is 12.3. The third-order valence-corrected chi connectivity index (χ3v) is 3.84. The number of halogens is 1. The fourth-order valence-corrected chi connectivity index (χ4v) is 2.76. The van der Waals surface area contributed by atoms with E-state index in [-0.39, 0.29) is 6.04 Å². The minimum atomic E-state index is 0.117. The van der Waals surface area contributed by atoms with Crippen molar-refractivity contribution in [2.75, 3.05) is 12.4 Å². The molecule has 2 aromatic carbocycles. The maximum atomic E-state index is 8.85. The van der Waals surface area contributed by atoms with E-state index in [1.165, 1.54) is 0 Å². The molecule has 1 unspecified atom stereocenters. The van der Waals surface area contributed by atoms with Crippen molar-refractivity contribution in [3.8, 4) is 11.8 Å². The largest absolute Gasteiger partial charge is 0.495 e. The number of aryl methyl sites for hydroxylation is 1. The average Bonchev–Trinajstić information content (AvgIpc) is 2.49. The predicted molar refractivity (Wildman–Crippen MR) is 88.6 cm³/mol. The molecule has 0 saturated heterocycles. The molecule has 0 heterocycles. The van der Waals surface area contributed by atoms with E-state index in [0.29, 0.717) is 5.56 Å². The molecule has 0 bridgehead atoms. The monoisotopic (exact) mass is 344 g/mol. The molecule has 2 rings (SSSR count). The number of nitrogens with zero attached hydrogens (tertiary/aromatic N) is 1. The zero-order valence-corrected chi connectivity index (χ0v) is 13.9. The summed E-state index contributed by atoms with van der Waals surface area (Å²) in [5, 5.41) is 12.3. The molecule has 0 saturated carbocycles. The van der Waals surface area contributed by atoms with Crippen LogP contribution in [0.1, 0.15) is 29.7 Å². The molecular weight excluding hydrogens is 328 g/mol. The minimum absolute atomic E-state index is 0.117. The maximum Gasteiger partial charge on any atom is 0.143 e. The number of ether oxygens (including phenoxy) is 1. The highest BCUT2D eigenvalue weighted by atomic mass is 79.9. The van der Waals surface area contributed by atoms with E-state index in [9.17, 15) is 0 Å². The van der Waals surface area contributed by atoms with Crippen molar-refractivity contribution in [3.05, 3.63) is 57.6 Å². The predicted octanol–water partition coefficient (Wildman–Crippen LogP) is 4.81. The van der Waals surface area contributed by atoms with Crippen LogP contribution in [0, 0.1) is 18.3 Å². The lowest BCUT2D eigenvalue weighted by Crippen LogP contribution is -2.09. The van der Waals surface area contributed by atoms with Gasteiger partial charge in [0, 0.05) is 10.5 Å². The second-order valence-corrected chi connectivity index (χ2v) is 5.82. The van der Waals surface area contributed by atoms with Crippen LogP contribution < -0.4 is 10.1 Å². The van der Waals surface area contributed by atoms with Gasteiger partial charge in [-0.25, -0.2) is 0 Å². The summed E-state index contributed by atoms with van der Waals surface area (Å²) in [7, 11) is 1.67. The first-order valence-corrected chi connectivity index (χ1v) is 7.45. The van der Waals surface area contributed by atoms with Crippen LogP contribution in [0.2, 0.25) is 0 Å². The Kier molecular flexibility index (Phi) is 4.87. The molecule has 1 atom stereocenters. The van der Waals surface area contributed by atoms with Crippen LogP contribution in [0.25, 0.3) is 0 Å².